The zero-order chi connectivity index (χ0) is 27.9. The van der Waals surface area contributed by atoms with Crippen molar-refractivity contribution < 1.29 is 9.53 Å². The minimum absolute atomic E-state index is 0.0700. The molecule has 1 amide bonds. The van der Waals surface area contributed by atoms with Gasteiger partial charge in [-0.2, -0.15) is 0 Å². The molecule has 2 N–H and O–H groups in total. The molecular formula is C31H39N5O2S. The van der Waals surface area contributed by atoms with Crippen LogP contribution in [0, 0.1) is 19.3 Å². The van der Waals surface area contributed by atoms with Crippen molar-refractivity contribution in [2.45, 2.75) is 78.4 Å². The van der Waals surface area contributed by atoms with Crippen LogP contribution in [0.5, 0.6) is 5.75 Å². The van der Waals surface area contributed by atoms with E-state index in [4.69, 9.17) is 21.9 Å². The van der Waals surface area contributed by atoms with E-state index in [0.29, 0.717) is 22.6 Å². The molecule has 7 nitrogen and oxygen atoms in total. The zero-order valence-corrected chi connectivity index (χ0v) is 24.6. The molecule has 1 saturated carbocycles. The van der Waals surface area contributed by atoms with Gasteiger partial charge in [-0.05, 0) is 74.8 Å². The van der Waals surface area contributed by atoms with Crippen molar-refractivity contribution in [1.82, 2.24) is 14.9 Å². The number of thiocarbonyl (C=S) groups is 1. The number of benzene rings is 1. The van der Waals surface area contributed by atoms with Gasteiger partial charge in [-0.15, -0.1) is 0 Å². The normalized spacial score (nSPS) is 19.8. The lowest BCUT2D eigenvalue weighted by atomic mass is 9.95. The number of methoxy groups -OCH3 is 1. The number of carbonyl (C=O) groups is 1. The maximum absolute atomic E-state index is 12.7. The van der Waals surface area contributed by atoms with Gasteiger partial charge in [0, 0.05) is 40.8 Å². The van der Waals surface area contributed by atoms with Crippen molar-refractivity contribution in [1.29, 1.82) is 0 Å². The van der Waals surface area contributed by atoms with Gasteiger partial charge in [0.1, 0.15) is 5.75 Å². The Kier molecular flexibility index (Phi) is 7.42. The minimum atomic E-state index is -0.521. The van der Waals surface area contributed by atoms with E-state index < -0.39 is 5.41 Å². The summed E-state index contributed by atoms with van der Waals surface area (Å²) in [5.41, 5.74) is 5.76. The van der Waals surface area contributed by atoms with Gasteiger partial charge >= 0.3 is 0 Å². The standard InChI is InChI=1S/C31H39N5O2S/c1-19-17-23(20(2)35(19)21-11-7-8-12-21)28-27(25-13-9-10-16-32-25)34-30(39)36(28)22-14-15-24(26(18-22)38-6)33-29(37)31(3,4)5/h9-10,13-18,21,27-28H,7-8,11-12H2,1-6H3,(H,33,37)(H,34,39). The van der Waals surface area contributed by atoms with Crippen LogP contribution in [-0.2, 0) is 4.79 Å². The molecule has 2 aromatic heterocycles. The molecule has 3 aromatic rings. The molecule has 1 aliphatic carbocycles. The Labute approximate surface area is 237 Å². The third kappa shape index (κ3) is 5.14. The second-order valence-electron chi connectivity index (χ2n) is 11.7. The van der Waals surface area contributed by atoms with Crippen LogP contribution in [-0.4, -0.2) is 27.7 Å². The van der Waals surface area contributed by atoms with E-state index in [1.54, 1.807) is 7.11 Å². The number of rotatable bonds is 6. The molecule has 1 saturated heterocycles. The van der Waals surface area contributed by atoms with Gasteiger partial charge in [-0.1, -0.05) is 39.7 Å². The van der Waals surface area contributed by atoms with Crippen LogP contribution in [0.2, 0.25) is 0 Å². The van der Waals surface area contributed by atoms with Crippen molar-refractivity contribution >= 4 is 34.6 Å². The molecule has 39 heavy (non-hydrogen) atoms. The number of anilines is 2. The molecule has 1 aromatic carbocycles. The van der Waals surface area contributed by atoms with Gasteiger partial charge in [-0.3, -0.25) is 9.78 Å². The van der Waals surface area contributed by atoms with E-state index in [9.17, 15) is 4.79 Å². The first-order chi connectivity index (χ1) is 18.6. The second-order valence-corrected chi connectivity index (χ2v) is 12.1. The highest BCUT2D eigenvalue weighted by Gasteiger charge is 2.43. The van der Waals surface area contributed by atoms with Crippen LogP contribution in [0.25, 0.3) is 0 Å². The number of aryl methyl sites for hydroxylation is 1. The van der Waals surface area contributed by atoms with Crippen LogP contribution in [0.15, 0.2) is 48.7 Å². The lowest BCUT2D eigenvalue weighted by Crippen LogP contribution is -2.30. The number of nitrogens with one attached hydrogen (secondary N) is 2. The predicted molar refractivity (Wildman–Crippen MR) is 160 cm³/mol. The van der Waals surface area contributed by atoms with E-state index in [1.807, 2.05) is 57.3 Å². The Morgan fingerprint density at radius 2 is 1.87 bits per heavy atom. The summed E-state index contributed by atoms with van der Waals surface area (Å²) >= 11 is 5.97. The SMILES string of the molecule is COc1cc(N2C(=S)NC(c3ccccn3)C2c2cc(C)n(C3CCCC3)c2C)ccc1NC(=O)C(C)(C)C. The van der Waals surface area contributed by atoms with Crippen molar-refractivity contribution in [3.05, 3.63) is 71.3 Å². The number of carbonyl (C=O) groups excluding carboxylic acids is 1. The van der Waals surface area contributed by atoms with E-state index in [1.165, 1.54) is 42.6 Å². The fourth-order valence-electron chi connectivity index (χ4n) is 6.02. The fourth-order valence-corrected chi connectivity index (χ4v) is 6.36. The minimum Gasteiger partial charge on any atom is -0.494 e. The zero-order valence-electron chi connectivity index (χ0n) is 23.7. The summed E-state index contributed by atoms with van der Waals surface area (Å²) in [6.07, 6.45) is 6.85. The van der Waals surface area contributed by atoms with Crippen LogP contribution < -0.4 is 20.3 Å². The highest BCUT2D eigenvalue weighted by molar-refractivity contribution is 7.80. The van der Waals surface area contributed by atoms with Crippen LogP contribution in [0.1, 0.15) is 87.2 Å². The number of nitrogens with zero attached hydrogens (tertiary/aromatic N) is 3. The van der Waals surface area contributed by atoms with Gasteiger partial charge in [0.15, 0.2) is 5.11 Å². The Balaban J connectivity index is 1.59. The van der Waals surface area contributed by atoms with Crippen molar-refractivity contribution in [3.8, 4) is 5.75 Å². The van der Waals surface area contributed by atoms with Gasteiger partial charge in [-0.25, -0.2) is 0 Å². The fraction of sp³-hybridized carbons (Fsp3) is 0.452. The quantitative estimate of drug-likeness (QED) is 0.333. The highest BCUT2D eigenvalue weighted by atomic mass is 32.1. The van der Waals surface area contributed by atoms with Crippen molar-refractivity contribution in [2.24, 2.45) is 5.41 Å². The number of aromatic nitrogens is 2. The van der Waals surface area contributed by atoms with Crippen LogP contribution >= 0.6 is 12.2 Å². The lowest BCUT2D eigenvalue weighted by molar-refractivity contribution is -0.123. The van der Waals surface area contributed by atoms with Crippen LogP contribution in [0.3, 0.4) is 0 Å². The molecule has 5 rings (SSSR count). The van der Waals surface area contributed by atoms with E-state index in [2.05, 4.69) is 46.1 Å². The first-order valence-electron chi connectivity index (χ1n) is 13.8. The molecule has 206 valence electrons. The number of ether oxygens (including phenoxy) is 1. The first kappa shape index (κ1) is 27.2. The van der Waals surface area contributed by atoms with Gasteiger partial charge < -0.3 is 24.8 Å². The molecule has 3 heterocycles. The molecule has 0 bridgehead atoms. The average Bonchev–Trinajstić information content (AvgIpc) is 3.62. The smallest absolute Gasteiger partial charge is 0.229 e. The van der Waals surface area contributed by atoms with Crippen molar-refractivity contribution in [2.75, 3.05) is 17.3 Å². The molecule has 1 aliphatic heterocycles. The third-order valence-corrected chi connectivity index (χ3v) is 8.34. The summed E-state index contributed by atoms with van der Waals surface area (Å²) < 4.78 is 8.27. The van der Waals surface area contributed by atoms with E-state index in [-0.39, 0.29) is 18.0 Å². The second kappa shape index (κ2) is 10.6. The largest absolute Gasteiger partial charge is 0.494 e. The number of pyridine rings is 1. The summed E-state index contributed by atoms with van der Waals surface area (Å²) in [6.45, 7) is 10.1. The summed E-state index contributed by atoms with van der Waals surface area (Å²) in [4.78, 5) is 19.6. The molecular weight excluding hydrogens is 506 g/mol. The van der Waals surface area contributed by atoms with Gasteiger partial charge in [0.25, 0.3) is 0 Å². The number of amides is 1. The first-order valence-corrected chi connectivity index (χ1v) is 14.2. The molecule has 2 fully saturated rings. The average molecular weight is 546 g/mol. The number of hydrogen-bond acceptors (Lipinski definition) is 4. The van der Waals surface area contributed by atoms with Crippen LogP contribution in [0.4, 0.5) is 11.4 Å². The Hall–Kier alpha value is -3.39. The van der Waals surface area contributed by atoms with E-state index >= 15 is 0 Å². The summed E-state index contributed by atoms with van der Waals surface area (Å²) in [7, 11) is 1.62. The maximum atomic E-state index is 12.7. The van der Waals surface area contributed by atoms with Gasteiger partial charge in [0.2, 0.25) is 5.91 Å². The monoisotopic (exact) mass is 545 g/mol. The third-order valence-electron chi connectivity index (χ3n) is 8.02. The summed E-state index contributed by atoms with van der Waals surface area (Å²) in [6, 6.07) is 14.5. The molecule has 2 unspecified atom stereocenters. The molecule has 2 aliphatic rings. The predicted octanol–water partition coefficient (Wildman–Crippen LogP) is 6.79. The Morgan fingerprint density at radius 1 is 1.13 bits per heavy atom. The topological polar surface area (TPSA) is 71.4 Å². The maximum Gasteiger partial charge on any atom is 0.229 e. The van der Waals surface area contributed by atoms with Gasteiger partial charge in [0.05, 0.1) is 30.6 Å². The molecule has 2 atom stereocenters. The lowest BCUT2D eigenvalue weighted by Gasteiger charge is -2.29. The summed E-state index contributed by atoms with van der Waals surface area (Å²) in [5, 5.41) is 7.22. The molecule has 0 spiro atoms. The summed E-state index contributed by atoms with van der Waals surface area (Å²) in [5.74, 6) is 0.517. The van der Waals surface area contributed by atoms with Crippen molar-refractivity contribution in [3.63, 3.8) is 0 Å². The molecule has 0 radical (unpaired) electrons. The Morgan fingerprint density at radius 3 is 2.51 bits per heavy atom. The molecule has 8 heteroatoms. The number of hydrogen-bond donors (Lipinski definition) is 2. The Bertz CT molecular complexity index is 1370. The highest BCUT2D eigenvalue weighted by Crippen LogP contribution is 2.46. The van der Waals surface area contributed by atoms with E-state index in [0.717, 1.165) is 11.4 Å².